The number of halogens is 3. The first-order valence-electron chi connectivity index (χ1n) is 7.95. The zero-order valence-corrected chi connectivity index (χ0v) is 16.4. The van der Waals surface area contributed by atoms with Crippen LogP contribution in [0.15, 0.2) is 16.9 Å². The summed E-state index contributed by atoms with van der Waals surface area (Å²) in [6, 6.07) is 3.21. The van der Waals surface area contributed by atoms with Crippen molar-refractivity contribution in [1.82, 2.24) is 15.0 Å². The highest BCUT2D eigenvalue weighted by Crippen LogP contribution is 2.35. The summed E-state index contributed by atoms with van der Waals surface area (Å²) in [6.07, 6.45) is 3.01. The minimum atomic E-state index is -0.140. The van der Waals surface area contributed by atoms with Crippen molar-refractivity contribution in [3.63, 3.8) is 0 Å². The molecule has 1 aliphatic carbocycles. The normalized spacial score (nSPS) is 17.0. The molecule has 0 radical (unpaired) electrons. The minimum absolute atomic E-state index is 0.140. The molecule has 0 saturated carbocycles. The summed E-state index contributed by atoms with van der Waals surface area (Å²) in [7, 11) is 0. The third-order valence-electron chi connectivity index (χ3n) is 4.60. The second-order valence-corrected chi connectivity index (χ2v) is 8.77. The third kappa shape index (κ3) is 3.08. The van der Waals surface area contributed by atoms with Gasteiger partial charge in [-0.05, 0) is 42.9 Å². The number of benzene rings is 1. The molecule has 1 aromatic carbocycles. The van der Waals surface area contributed by atoms with Crippen molar-refractivity contribution in [2.24, 2.45) is 5.92 Å². The Hall–Kier alpha value is -1.14. The monoisotopic (exact) mass is 413 g/mol. The molecule has 8 heteroatoms. The Morgan fingerprint density at radius 2 is 2.00 bits per heavy atom. The van der Waals surface area contributed by atoms with Crippen LogP contribution < -0.4 is 5.56 Å². The van der Waals surface area contributed by atoms with Gasteiger partial charge in [-0.25, -0.2) is 4.68 Å². The number of hydrogen-bond acceptors (Lipinski definition) is 4. The average Bonchev–Trinajstić information content (AvgIpc) is 2.90. The van der Waals surface area contributed by atoms with Gasteiger partial charge in [-0.3, -0.25) is 4.79 Å². The molecule has 130 valence electrons. The lowest BCUT2D eigenvalue weighted by Crippen LogP contribution is -2.25. The van der Waals surface area contributed by atoms with Crippen LogP contribution >= 0.6 is 46.1 Å². The van der Waals surface area contributed by atoms with E-state index in [9.17, 15) is 4.79 Å². The van der Waals surface area contributed by atoms with Gasteiger partial charge in [0.25, 0.3) is 5.56 Å². The van der Waals surface area contributed by atoms with Crippen molar-refractivity contribution < 1.29 is 0 Å². The molecule has 3 aromatic rings. The standard InChI is InChI=1S/C17H14Cl3N3OS/c1-8-2-3-10-14(4-8)25-16-15(10)17(24)23(22-21-16)7-11-12(19)5-9(18)6-13(11)20/h5-6,8H,2-4,7H2,1H3. The van der Waals surface area contributed by atoms with E-state index in [1.807, 2.05) is 0 Å². The van der Waals surface area contributed by atoms with Gasteiger partial charge in [0, 0.05) is 25.5 Å². The van der Waals surface area contributed by atoms with E-state index >= 15 is 0 Å². The molecule has 0 spiro atoms. The van der Waals surface area contributed by atoms with Crippen LogP contribution in [0.1, 0.15) is 29.3 Å². The molecule has 0 saturated heterocycles. The van der Waals surface area contributed by atoms with Crippen LogP contribution in [0.4, 0.5) is 0 Å². The summed E-state index contributed by atoms with van der Waals surface area (Å²) in [6.45, 7) is 2.40. The van der Waals surface area contributed by atoms with E-state index in [2.05, 4.69) is 17.2 Å². The van der Waals surface area contributed by atoms with Gasteiger partial charge in [0.15, 0.2) is 4.83 Å². The number of nitrogens with zero attached hydrogens (tertiary/aromatic N) is 3. The van der Waals surface area contributed by atoms with E-state index in [1.54, 1.807) is 23.5 Å². The molecule has 4 nitrogen and oxygen atoms in total. The SMILES string of the molecule is CC1CCc2c(sc3nnn(Cc4c(Cl)cc(Cl)cc4Cl)c(=O)c23)C1. The quantitative estimate of drug-likeness (QED) is 0.594. The van der Waals surface area contributed by atoms with Crippen LogP contribution in [0.5, 0.6) is 0 Å². The molecule has 0 bridgehead atoms. The predicted octanol–water partition coefficient (Wildman–Crippen LogP) is 4.99. The van der Waals surface area contributed by atoms with Gasteiger partial charge in [-0.1, -0.05) is 46.9 Å². The minimum Gasteiger partial charge on any atom is -0.267 e. The van der Waals surface area contributed by atoms with Crippen LogP contribution in [-0.4, -0.2) is 15.0 Å². The molecule has 2 heterocycles. The fourth-order valence-electron chi connectivity index (χ4n) is 3.27. The second-order valence-electron chi connectivity index (χ2n) is 6.43. The number of fused-ring (bicyclic) bond motifs is 3. The molecule has 4 rings (SSSR count). The fraction of sp³-hybridized carbons (Fsp3) is 0.353. The van der Waals surface area contributed by atoms with Gasteiger partial charge in [0.2, 0.25) is 0 Å². The third-order valence-corrected chi connectivity index (χ3v) is 6.63. The summed E-state index contributed by atoms with van der Waals surface area (Å²) in [4.78, 5) is 15.0. The topological polar surface area (TPSA) is 47.8 Å². The highest BCUT2D eigenvalue weighted by molar-refractivity contribution is 7.18. The fourth-order valence-corrected chi connectivity index (χ4v) is 5.52. The molecule has 0 aliphatic heterocycles. The molecule has 0 N–H and O–H groups in total. The first-order chi connectivity index (χ1) is 11.9. The van der Waals surface area contributed by atoms with E-state index < -0.39 is 0 Å². The molecule has 1 unspecified atom stereocenters. The van der Waals surface area contributed by atoms with Crippen LogP contribution in [0.25, 0.3) is 10.2 Å². The number of hydrogen-bond donors (Lipinski definition) is 0. The van der Waals surface area contributed by atoms with Crippen LogP contribution in [0.2, 0.25) is 15.1 Å². The first-order valence-corrected chi connectivity index (χ1v) is 9.90. The van der Waals surface area contributed by atoms with Crippen LogP contribution in [-0.2, 0) is 19.4 Å². The molecule has 2 aromatic heterocycles. The van der Waals surface area contributed by atoms with E-state index in [0.29, 0.717) is 36.8 Å². The molecule has 1 atom stereocenters. The second kappa shape index (κ2) is 6.54. The van der Waals surface area contributed by atoms with Crippen molar-refractivity contribution in [1.29, 1.82) is 0 Å². The Morgan fingerprint density at radius 3 is 2.72 bits per heavy atom. The predicted molar refractivity (Wildman–Crippen MR) is 103 cm³/mol. The Balaban J connectivity index is 1.82. The highest BCUT2D eigenvalue weighted by atomic mass is 35.5. The van der Waals surface area contributed by atoms with Crippen molar-refractivity contribution >= 4 is 56.4 Å². The zero-order chi connectivity index (χ0) is 17.7. The molecule has 0 amide bonds. The van der Waals surface area contributed by atoms with E-state index in [0.717, 1.165) is 24.8 Å². The largest absolute Gasteiger partial charge is 0.279 e. The molecule has 0 fully saturated rings. The van der Waals surface area contributed by atoms with Crippen LogP contribution in [0.3, 0.4) is 0 Å². The van der Waals surface area contributed by atoms with E-state index in [1.165, 1.54) is 9.56 Å². The van der Waals surface area contributed by atoms with Crippen molar-refractivity contribution in [3.8, 4) is 0 Å². The Labute approximate surface area is 163 Å². The van der Waals surface area contributed by atoms with Gasteiger partial charge in [0.1, 0.15) is 0 Å². The number of aryl methyl sites for hydroxylation is 1. The van der Waals surface area contributed by atoms with Gasteiger partial charge >= 0.3 is 0 Å². The first kappa shape index (κ1) is 17.3. The number of rotatable bonds is 2. The molecular weight excluding hydrogens is 401 g/mol. The zero-order valence-electron chi connectivity index (χ0n) is 13.4. The highest BCUT2D eigenvalue weighted by Gasteiger charge is 2.24. The Morgan fingerprint density at radius 1 is 1.28 bits per heavy atom. The maximum absolute atomic E-state index is 13.0. The van der Waals surface area contributed by atoms with Crippen LogP contribution in [0, 0.1) is 5.92 Å². The maximum Gasteiger partial charge on any atom is 0.279 e. The summed E-state index contributed by atoms with van der Waals surface area (Å²) in [5.74, 6) is 0.641. The molecular formula is C17H14Cl3N3OS. The maximum atomic E-state index is 13.0. The van der Waals surface area contributed by atoms with Crippen molar-refractivity contribution in [2.45, 2.75) is 32.7 Å². The lowest BCUT2D eigenvalue weighted by molar-refractivity contribution is 0.508. The Bertz CT molecular complexity index is 1020. The van der Waals surface area contributed by atoms with Gasteiger partial charge < -0.3 is 0 Å². The number of aromatic nitrogens is 3. The average molecular weight is 415 g/mol. The number of thiophene rings is 1. The van der Waals surface area contributed by atoms with Gasteiger partial charge in [0.05, 0.1) is 11.9 Å². The van der Waals surface area contributed by atoms with Gasteiger partial charge in [-0.15, -0.1) is 16.4 Å². The van der Waals surface area contributed by atoms with Crippen molar-refractivity contribution in [2.75, 3.05) is 0 Å². The van der Waals surface area contributed by atoms with Gasteiger partial charge in [-0.2, -0.15) is 0 Å². The summed E-state index contributed by atoms with van der Waals surface area (Å²) < 4.78 is 1.33. The lowest BCUT2D eigenvalue weighted by Gasteiger charge is -2.17. The molecule has 25 heavy (non-hydrogen) atoms. The lowest BCUT2D eigenvalue weighted by atomic mass is 9.89. The Kier molecular flexibility index (Phi) is 4.52. The van der Waals surface area contributed by atoms with E-state index in [-0.39, 0.29) is 12.1 Å². The summed E-state index contributed by atoms with van der Waals surface area (Å²) in [5, 5.41) is 10.3. The summed E-state index contributed by atoms with van der Waals surface area (Å²) in [5.41, 5.74) is 1.61. The summed E-state index contributed by atoms with van der Waals surface area (Å²) >= 11 is 20.0. The van der Waals surface area contributed by atoms with E-state index in [4.69, 9.17) is 34.8 Å². The van der Waals surface area contributed by atoms with Crippen molar-refractivity contribution in [3.05, 3.63) is 53.6 Å². The molecule has 1 aliphatic rings. The smallest absolute Gasteiger partial charge is 0.267 e.